The maximum absolute atomic E-state index is 2.65. The van der Waals surface area contributed by atoms with Crippen molar-refractivity contribution in [1.82, 2.24) is 0 Å². The van der Waals surface area contributed by atoms with Gasteiger partial charge in [-0.25, -0.2) is 0 Å². The van der Waals surface area contributed by atoms with Gasteiger partial charge in [0.05, 0.1) is 0 Å². The van der Waals surface area contributed by atoms with Gasteiger partial charge in [0.25, 0.3) is 0 Å². The summed E-state index contributed by atoms with van der Waals surface area (Å²) in [5.41, 5.74) is 1.65. The Morgan fingerprint density at radius 3 is 2.13 bits per heavy atom. The summed E-state index contributed by atoms with van der Waals surface area (Å²) in [4.78, 5) is 0. The Kier molecular flexibility index (Phi) is 6.48. The highest BCUT2D eigenvalue weighted by molar-refractivity contribution is 5.04. The molecule has 0 radical (unpaired) electrons. The second-order valence-corrected chi connectivity index (χ2v) is 10.7. The van der Waals surface area contributed by atoms with Gasteiger partial charge < -0.3 is 0 Å². The molecule has 0 spiro atoms. The van der Waals surface area contributed by atoms with Gasteiger partial charge in [0, 0.05) is 0 Å². The normalized spacial score (nSPS) is 44.3. The molecule has 2 aliphatic rings. The largest absolute Gasteiger partial charge is 0.0776 e. The molecule has 23 heavy (non-hydrogen) atoms. The van der Waals surface area contributed by atoms with Crippen molar-refractivity contribution >= 4 is 0 Å². The Hall–Kier alpha value is 0. The number of rotatable bonds is 3. The first-order valence-electron chi connectivity index (χ1n) is 10.0. The monoisotopic (exact) mass is 322 g/mol. The van der Waals surface area contributed by atoms with Crippen LogP contribution in [0.3, 0.4) is 0 Å². The zero-order valence-corrected chi connectivity index (χ0v) is 16.8. The summed E-state index contributed by atoms with van der Waals surface area (Å²) in [5.74, 6) is 3.72. The molecule has 6 atom stereocenters. The summed E-state index contributed by atoms with van der Waals surface area (Å²) in [7, 11) is 0. The lowest BCUT2D eigenvalue weighted by Crippen LogP contribution is -2.53. The van der Waals surface area contributed by atoms with Crippen molar-refractivity contribution in [1.29, 1.82) is 0 Å². The van der Waals surface area contributed by atoms with E-state index in [1.165, 1.54) is 44.9 Å². The molecular weight excluding hydrogens is 276 g/mol. The number of hydrogen-bond acceptors (Lipinski definition) is 0. The van der Waals surface area contributed by atoms with E-state index in [0.717, 1.165) is 23.7 Å². The molecular formula is C23H46. The topological polar surface area (TPSA) is 0 Å². The Morgan fingerprint density at radius 1 is 1.00 bits per heavy atom. The Bertz CT molecular complexity index is 376. The fraction of sp³-hybridized carbons (Fsp3) is 1.00. The molecule has 0 N–H and O–H groups in total. The predicted molar refractivity (Wildman–Crippen MR) is 106 cm³/mol. The minimum atomic E-state index is 0. The average molecular weight is 323 g/mol. The van der Waals surface area contributed by atoms with Crippen molar-refractivity contribution < 1.29 is 0 Å². The van der Waals surface area contributed by atoms with E-state index in [1.807, 2.05) is 0 Å². The maximum atomic E-state index is 2.65. The Morgan fingerprint density at radius 2 is 1.61 bits per heavy atom. The van der Waals surface area contributed by atoms with Crippen LogP contribution in [0.5, 0.6) is 0 Å². The average Bonchev–Trinajstić information content (AvgIpc) is 2.39. The molecule has 0 heteroatoms. The van der Waals surface area contributed by atoms with Crippen molar-refractivity contribution in [3.63, 3.8) is 0 Å². The molecule has 2 rings (SSSR count). The molecule has 0 aromatic heterocycles. The van der Waals surface area contributed by atoms with Crippen LogP contribution in [0, 0.1) is 39.9 Å². The zero-order chi connectivity index (χ0) is 16.8. The van der Waals surface area contributed by atoms with Gasteiger partial charge in [-0.3, -0.25) is 0 Å². The molecule has 2 fully saturated rings. The first kappa shape index (κ1) is 21.0. The highest BCUT2D eigenvalue weighted by Crippen LogP contribution is 2.64. The van der Waals surface area contributed by atoms with E-state index in [9.17, 15) is 0 Å². The summed E-state index contributed by atoms with van der Waals surface area (Å²) in [5, 5.41) is 0. The van der Waals surface area contributed by atoms with Gasteiger partial charge >= 0.3 is 0 Å². The van der Waals surface area contributed by atoms with Crippen molar-refractivity contribution in [2.24, 2.45) is 39.9 Å². The van der Waals surface area contributed by atoms with Crippen LogP contribution in [0.1, 0.15) is 108 Å². The van der Waals surface area contributed by atoms with Gasteiger partial charge in [0.1, 0.15) is 0 Å². The minimum Gasteiger partial charge on any atom is -0.0776 e. The van der Waals surface area contributed by atoms with Crippen LogP contribution in [0.2, 0.25) is 0 Å². The van der Waals surface area contributed by atoms with E-state index in [1.54, 1.807) is 0 Å². The quantitative estimate of drug-likeness (QED) is 0.494. The van der Waals surface area contributed by atoms with Crippen LogP contribution in [0.25, 0.3) is 0 Å². The third kappa shape index (κ3) is 3.98. The van der Waals surface area contributed by atoms with Gasteiger partial charge in [-0.15, -0.1) is 0 Å². The van der Waals surface area contributed by atoms with Crippen LogP contribution < -0.4 is 0 Å². The Labute approximate surface area is 148 Å². The second kappa shape index (κ2) is 7.09. The molecule has 0 aromatic rings. The van der Waals surface area contributed by atoms with Crippen molar-refractivity contribution in [3.05, 3.63) is 0 Å². The fourth-order valence-corrected chi connectivity index (χ4v) is 6.24. The van der Waals surface area contributed by atoms with Gasteiger partial charge in [-0.05, 0) is 72.0 Å². The summed E-state index contributed by atoms with van der Waals surface area (Å²) in [6.07, 6.45) is 10.1. The third-order valence-electron chi connectivity index (χ3n) is 7.94. The van der Waals surface area contributed by atoms with E-state index < -0.39 is 0 Å². The van der Waals surface area contributed by atoms with Crippen LogP contribution in [0.15, 0.2) is 0 Å². The summed E-state index contributed by atoms with van der Waals surface area (Å²) < 4.78 is 0. The Balaban J connectivity index is 0.00000264. The van der Waals surface area contributed by atoms with E-state index >= 15 is 0 Å². The van der Waals surface area contributed by atoms with Gasteiger partial charge in [-0.2, -0.15) is 0 Å². The molecule has 0 nitrogen and oxygen atoms in total. The minimum absolute atomic E-state index is 0. The van der Waals surface area contributed by atoms with E-state index in [0.29, 0.717) is 16.2 Å². The fourth-order valence-electron chi connectivity index (χ4n) is 6.24. The molecule has 0 aliphatic heterocycles. The van der Waals surface area contributed by atoms with Crippen molar-refractivity contribution in [2.45, 2.75) is 108 Å². The SMILES string of the molecule is C.CCCC1(C)CCC2(C)C(C)C(C)CCC2C1CC(C)(C)C. The summed E-state index contributed by atoms with van der Waals surface area (Å²) in [6.45, 7) is 20.1. The molecule has 2 saturated carbocycles. The van der Waals surface area contributed by atoms with Crippen LogP contribution in [-0.4, -0.2) is 0 Å². The van der Waals surface area contributed by atoms with E-state index in [-0.39, 0.29) is 7.43 Å². The van der Waals surface area contributed by atoms with Gasteiger partial charge in [0.15, 0.2) is 0 Å². The number of hydrogen-bond donors (Lipinski definition) is 0. The molecule has 0 bridgehead atoms. The lowest BCUT2D eigenvalue weighted by molar-refractivity contribution is -0.120. The first-order chi connectivity index (χ1) is 10.0. The summed E-state index contributed by atoms with van der Waals surface area (Å²) >= 11 is 0. The lowest BCUT2D eigenvalue weighted by Gasteiger charge is -2.61. The second-order valence-electron chi connectivity index (χ2n) is 10.7. The molecule has 0 amide bonds. The molecule has 138 valence electrons. The lowest BCUT2D eigenvalue weighted by atomic mass is 9.44. The van der Waals surface area contributed by atoms with Crippen LogP contribution in [-0.2, 0) is 0 Å². The summed E-state index contributed by atoms with van der Waals surface area (Å²) in [6, 6.07) is 0. The van der Waals surface area contributed by atoms with E-state index in [4.69, 9.17) is 0 Å². The number of fused-ring (bicyclic) bond motifs is 1. The molecule has 0 aromatic carbocycles. The smallest absolute Gasteiger partial charge is 0.0266 e. The van der Waals surface area contributed by atoms with Gasteiger partial charge in [-0.1, -0.05) is 75.7 Å². The van der Waals surface area contributed by atoms with Crippen LogP contribution in [0.4, 0.5) is 0 Å². The third-order valence-corrected chi connectivity index (χ3v) is 7.94. The first-order valence-corrected chi connectivity index (χ1v) is 10.0. The molecule has 0 saturated heterocycles. The standard InChI is InChI=1S/C22H42.CH4/c1-9-12-21(7)13-14-22(8)17(3)16(2)10-11-18(22)19(21)15-20(4,5)6;/h16-19H,9-15H2,1-8H3;1H4. The molecule has 2 aliphatic carbocycles. The predicted octanol–water partition coefficient (Wildman–Crippen LogP) is 7.96. The van der Waals surface area contributed by atoms with E-state index in [2.05, 4.69) is 55.4 Å². The zero-order valence-electron chi connectivity index (χ0n) is 16.8. The maximum Gasteiger partial charge on any atom is -0.0266 e. The van der Waals surface area contributed by atoms with Crippen molar-refractivity contribution in [3.8, 4) is 0 Å². The molecule has 6 unspecified atom stereocenters. The molecule has 0 heterocycles. The van der Waals surface area contributed by atoms with Gasteiger partial charge in [0.2, 0.25) is 0 Å². The highest BCUT2D eigenvalue weighted by atomic mass is 14.6. The highest BCUT2D eigenvalue weighted by Gasteiger charge is 2.55. The van der Waals surface area contributed by atoms with Crippen molar-refractivity contribution in [2.75, 3.05) is 0 Å². The van der Waals surface area contributed by atoms with Crippen LogP contribution >= 0.6 is 0 Å².